The van der Waals surface area contributed by atoms with E-state index in [0.29, 0.717) is 37.7 Å². The SMILES string of the molecule is CCOCCCNC(=O)CCC(=O)NC(Cc1ccccc1)P(=O)(Oc1ccccc1)Oc1ccccc1. The van der Waals surface area contributed by atoms with E-state index >= 15 is 0 Å². The zero-order chi connectivity index (χ0) is 27.1. The number of hydrogen-bond donors (Lipinski definition) is 2. The minimum absolute atomic E-state index is 0.00190. The molecule has 0 aromatic heterocycles. The Labute approximate surface area is 224 Å². The third kappa shape index (κ3) is 10.0. The summed E-state index contributed by atoms with van der Waals surface area (Å²) in [6.07, 6.45) is 0.829. The molecule has 2 amide bonds. The molecule has 3 aromatic carbocycles. The Hall–Kier alpha value is -3.61. The molecule has 0 aliphatic rings. The van der Waals surface area contributed by atoms with Gasteiger partial charge in [-0.2, -0.15) is 0 Å². The van der Waals surface area contributed by atoms with E-state index in [0.717, 1.165) is 5.56 Å². The van der Waals surface area contributed by atoms with E-state index in [1.807, 2.05) is 49.4 Å². The van der Waals surface area contributed by atoms with E-state index in [4.69, 9.17) is 13.8 Å². The van der Waals surface area contributed by atoms with E-state index in [1.54, 1.807) is 48.5 Å². The van der Waals surface area contributed by atoms with Crippen molar-refractivity contribution in [3.05, 3.63) is 96.6 Å². The molecule has 0 fully saturated rings. The van der Waals surface area contributed by atoms with E-state index in [-0.39, 0.29) is 25.2 Å². The molecule has 9 heteroatoms. The van der Waals surface area contributed by atoms with Crippen molar-refractivity contribution in [3.63, 3.8) is 0 Å². The number of para-hydroxylation sites is 2. The molecule has 3 rings (SSSR count). The Morgan fingerprint density at radius 3 is 1.87 bits per heavy atom. The maximum absolute atomic E-state index is 14.4. The van der Waals surface area contributed by atoms with Crippen LogP contribution in [0.2, 0.25) is 0 Å². The van der Waals surface area contributed by atoms with Crippen LogP contribution in [-0.4, -0.2) is 37.4 Å². The van der Waals surface area contributed by atoms with Gasteiger partial charge in [0.15, 0.2) is 5.78 Å². The third-order valence-electron chi connectivity index (χ3n) is 5.50. The van der Waals surface area contributed by atoms with E-state index in [1.165, 1.54) is 0 Å². The fourth-order valence-corrected chi connectivity index (χ4v) is 5.46. The lowest BCUT2D eigenvalue weighted by atomic mass is 10.1. The highest BCUT2D eigenvalue weighted by atomic mass is 31.2. The Morgan fingerprint density at radius 2 is 1.32 bits per heavy atom. The van der Waals surface area contributed by atoms with Gasteiger partial charge in [0, 0.05) is 39.0 Å². The van der Waals surface area contributed by atoms with Crippen LogP contribution in [0.3, 0.4) is 0 Å². The summed E-state index contributed by atoms with van der Waals surface area (Å²) in [6.45, 7) is 3.58. The minimum Gasteiger partial charge on any atom is -0.415 e. The largest absolute Gasteiger partial charge is 0.453 e. The molecule has 0 saturated carbocycles. The lowest BCUT2D eigenvalue weighted by molar-refractivity contribution is -0.126. The summed E-state index contributed by atoms with van der Waals surface area (Å²) in [5.41, 5.74) is 0.846. The average Bonchev–Trinajstić information content (AvgIpc) is 2.93. The predicted molar refractivity (Wildman–Crippen MR) is 147 cm³/mol. The molecular weight excluding hydrogens is 503 g/mol. The van der Waals surface area contributed by atoms with Gasteiger partial charge in [-0.25, -0.2) is 4.57 Å². The van der Waals surface area contributed by atoms with Crippen LogP contribution >= 0.6 is 7.60 Å². The number of nitrogens with one attached hydrogen (secondary N) is 2. The van der Waals surface area contributed by atoms with Crippen LogP contribution < -0.4 is 19.7 Å². The lowest BCUT2D eigenvalue weighted by Gasteiger charge is -2.28. The highest BCUT2D eigenvalue weighted by molar-refractivity contribution is 7.55. The molecule has 0 saturated heterocycles. The monoisotopic (exact) mass is 538 g/mol. The maximum atomic E-state index is 14.4. The van der Waals surface area contributed by atoms with Crippen molar-refractivity contribution in [1.29, 1.82) is 0 Å². The summed E-state index contributed by atoms with van der Waals surface area (Å²) >= 11 is 0. The summed E-state index contributed by atoms with van der Waals surface area (Å²) < 4.78 is 31.6. The summed E-state index contributed by atoms with van der Waals surface area (Å²) in [5, 5.41) is 5.62. The Bertz CT molecular complexity index is 1120. The van der Waals surface area contributed by atoms with E-state index < -0.39 is 19.3 Å². The van der Waals surface area contributed by atoms with Crippen LogP contribution in [0.4, 0.5) is 0 Å². The average molecular weight is 539 g/mol. The van der Waals surface area contributed by atoms with Gasteiger partial charge in [-0.05, 0) is 43.2 Å². The smallest absolute Gasteiger partial charge is 0.415 e. The summed E-state index contributed by atoms with van der Waals surface area (Å²) in [5.74, 6) is -0.965. The van der Waals surface area contributed by atoms with Crippen LogP contribution in [0.5, 0.6) is 11.5 Å². The van der Waals surface area contributed by atoms with Crippen molar-refractivity contribution in [2.24, 2.45) is 0 Å². The van der Waals surface area contributed by atoms with Gasteiger partial charge < -0.3 is 24.4 Å². The number of ether oxygens (including phenoxy) is 1. The number of carbonyl (C=O) groups excluding carboxylic acids is 2. The van der Waals surface area contributed by atoms with Crippen LogP contribution in [0.15, 0.2) is 91.0 Å². The fraction of sp³-hybridized carbons (Fsp3) is 0.310. The van der Waals surface area contributed by atoms with Gasteiger partial charge in [0.25, 0.3) is 0 Å². The van der Waals surface area contributed by atoms with Gasteiger partial charge in [-0.3, -0.25) is 9.59 Å². The first-order chi connectivity index (χ1) is 18.5. The standard InChI is InChI=1S/C29H35N2O6P/c1-2-35-22-12-21-30-27(32)19-20-28(33)31-29(23-24-13-6-3-7-14-24)38(34,36-25-15-8-4-9-16-25)37-26-17-10-5-11-18-26/h3-11,13-18,29H,2,12,19-23H2,1H3,(H,30,32)(H,31,33). The Balaban J connectivity index is 1.75. The fourth-order valence-electron chi connectivity index (χ4n) is 3.60. The highest BCUT2D eigenvalue weighted by Crippen LogP contribution is 2.53. The molecule has 0 radical (unpaired) electrons. The quantitative estimate of drug-likeness (QED) is 0.188. The third-order valence-corrected chi connectivity index (χ3v) is 7.51. The molecule has 0 bridgehead atoms. The number of rotatable bonds is 16. The first-order valence-electron chi connectivity index (χ1n) is 12.8. The van der Waals surface area contributed by atoms with Crippen LogP contribution in [0.1, 0.15) is 31.7 Å². The molecule has 202 valence electrons. The van der Waals surface area contributed by atoms with Crippen LogP contribution in [0, 0.1) is 0 Å². The van der Waals surface area contributed by atoms with E-state index in [2.05, 4.69) is 10.6 Å². The maximum Gasteiger partial charge on any atom is 0.453 e. The van der Waals surface area contributed by atoms with Gasteiger partial charge in [0.1, 0.15) is 11.5 Å². The van der Waals surface area contributed by atoms with E-state index in [9.17, 15) is 14.2 Å². The molecule has 1 atom stereocenters. The van der Waals surface area contributed by atoms with Crippen molar-refractivity contribution in [3.8, 4) is 11.5 Å². The summed E-state index contributed by atoms with van der Waals surface area (Å²) in [4.78, 5) is 25.2. The molecule has 0 aliphatic heterocycles. The molecular formula is C29H35N2O6P. The zero-order valence-corrected chi connectivity index (χ0v) is 22.5. The van der Waals surface area contributed by atoms with Crippen LogP contribution in [0.25, 0.3) is 0 Å². The van der Waals surface area contributed by atoms with Gasteiger partial charge in [-0.15, -0.1) is 0 Å². The number of amides is 2. The van der Waals surface area contributed by atoms with Gasteiger partial charge in [0.05, 0.1) is 0 Å². The summed E-state index contributed by atoms with van der Waals surface area (Å²) in [6, 6.07) is 26.8. The van der Waals surface area contributed by atoms with Gasteiger partial charge in [-0.1, -0.05) is 66.7 Å². The summed E-state index contributed by atoms with van der Waals surface area (Å²) in [7, 11) is -4.01. The molecule has 8 nitrogen and oxygen atoms in total. The minimum atomic E-state index is -4.01. The molecule has 0 spiro atoms. The normalized spacial score (nSPS) is 11.8. The highest BCUT2D eigenvalue weighted by Gasteiger charge is 2.40. The van der Waals surface area contributed by atoms with Crippen molar-refractivity contribution < 1.29 is 27.9 Å². The second-order valence-corrected chi connectivity index (χ2v) is 10.6. The first kappa shape index (κ1) is 29.0. The molecule has 38 heavy (non-hydrogen) atoms. The van der Waals surface area contributed by atoms with Crippen molar-refractivity contribution in [2.45, 2.75) is 38.4 Å². The topological polar surface area (TPSA) is 103 Å². The van der Waals surface area contributed by atoms with Crippen molar-refractivity contribution in [2.75, 3.05) is 19.8 Å². The zero-order valence-electron chi connectivity index (χ0n) is 21.6. The lowest BCUT2D eigenvalue weighted by Crippen LogP contribution is -2.39. The first-order valence-corrected chi connectivity index (χ1v) is 14.4. The number of hydrogen-bond acceptors (Lipinski definition) is 6. The molecule has 0 heterocycles. The second kappa shape index (κ2) is 15.6. The number of carbonyl (C=O) groups is 2. The van der Waals surface area contributed by atoms with Gasteiger partial charge in [0.2, 0.25) is 11.8 Å². The second-order valence-electron chi connectivity index (χ2n) is 8.52. The Morgan fingerprint density at radius 1 is 0.789 bits per heavy atom. The van der Waals surface area contributed by atoms with Crippen molar-refractivity contribution >= 4 is 19.4 Å². The molecule has 2 N–H and O–H groups in total. The predicted octanol–water partition coefficient (Wildman–Crippen LogP) is 5.35. The van der Waals surface area contributed by atoms with Crippen molar-refractivity contribution in [1.82, 2.24) is 10.6 Å². The Kier molecular flexibility index (Phi) is 11.9. The number of benzene rings is 3. The molecule has 0 aliphatic carbocycles. The van der Waals surface area contributed by atoms with Gasteiger partial charge >= 0.3 is 7.60 Å². The van der Waals surface area contributed by atoms with Crippen LogP contribution in [-0.2, 0) is 25.3 Å². The molecule has 3 aromatic rings. The molecule has 1 unspecified atom stereocenters.